The molecule has 0 saturated heterocycles. The van der Waals surface area contributed by atoms with Crippen LogP contribution in [-0.2, 0) is 26.1 Å². The highest BCUT2D eigenvalue weighted by atomic mass is 35.5. The molecule has 0 spiro atoms. The Morgan fingerprint density at radius 2 is 1.75 bits per heavy atom. The number of rotatable bonds is 8. The minimum atomic E-state index is -3.64. The molecule has 2 rings (SSSR count). The van der Waals surface area contributed by atoms with E-state index >= 15 is 0 Å². The van der Waals surface area contributed by atoms with Crippen molar-refractivity contribution >= 4 is 39.2 Å². The summed E-state index contributed by atoms with van der Waals surface area (Å²) in [5.74, 6) is -0.968. The monoisotopic (exact) mass is 424 g/mol. The van der Waals surface area contributed by atoms with E-state index in [4.69, 9.17) is 16.3 Å². The highest BCUT2D eigenvalue weighted by Crippen LogP contribution is 2.18. The van der Waals surface area contributed by atoms with E-state index in [9.17, 15) is 18.0 Å². The van der Waals surface area contributed by atoms with E-state index in [2.05, 4.69) is 5.32 Å². The Morgan fingerprint density at radius 1 is 1.11 bits per heavy atom. The molecule has 0 fully saturated rings. The van der Waals surface area contributed by atoms with Gasteiger partial charge in [-0.25, -0.2) is 13.2 Å². The van der Waals surface area contributed by atoms with Gasteiger partial charge in [0.05, 0.1) is 25.0 Å². The van der Waals surface area contributed by atoms with Gasteiger partial charge in [0.1, 0.15) is 0 Å². The largest absolute Gasteiger partial charge is 0.462 e. The highest BCUT2D eigenvalue weighted by molar-refractivity contribution is 7.88. The third-order valence-electron chi connectivity index (χ3n) is 3.77. The molecule has 0 aliphatic rings. The molecular formula is C19H21ClN2O5S. The number of carbonyl (C=O) groups is 2. The first-order valence-corrected chi connectivity index (χ1v) is 10.7. The van der Waals surface area contributed by atoms with Crippen molar-refractivity contribution < 1.29 is 22.7 Å². The summed E-state index contributed by atoms with van der Waals surface area (Å²) in [5, 5.41) is 3.04. The molecule has 150 valence electrons. The SMILES string of the molecule is CCOC(=O)c1ccc(NC(=O)CN(Cc2ccccc2Cl)S(C)(=O)=O)cc1. The van der Waals surface area contributed by atoms with E-state index in [0.29, 0.717) is 21.8 Å². The van der Waals surface area contributed by atoms with Crippen LogP contribution in [0.3, 0.4) is 0 Å². The van der Waals surface area contributed by atoms with Crippen LogP contribution in [0.5, 0.6) is 0 Å². The summed E-state index contributed by atoms with van der Waals surface area (Å²) in [5.41, 5.74) is 1.39. The zero-order valence-electron chi connectivity index (χ0n) is 15.5. The molecule has 9 heteroatoms. The van der Waals surface area contributed by atoms with Crippen molar-refractivity contribution in [3.05, 3.63) is 64.7 Å². The molecule has 0 aromatic heterocycles. The lowest BCUT2D eigenvalue weighted by atomic mass is 10.2. The smallest absolute Gasteiger partial charge is 0.338 e. The van der Waals surface area contributed by atoms with Crippen LogP contribution in [-0.4, -0.2) is 44.0 Å². The molecule has 0 atom stereocenters. The Morgan fingerprint density at radius 3 is 2.32 bits per heavy atom. The second kappa shape index (κ2) is 9.68. The highest BCUT2D eigenvalue weighted by Gasteiger charge is 2.21. The van der Waals surface area contributed by atoms with Crippen LogP contribution >= 0.6 is 11.6 Å². The lowest BCUT2D eigenvalue weighted by molar-refractivity contribution is -0.116. The first kappa shape index (κ1) is 21.9. The van der Waals surface area contributed by atoms with Gasteiger partial charge in [-0.2, -0.15) is 4.31 Å². The predicted molar refractivity (Wildman–Crippen MR) is 108 cm³/mol. The van der Waals surface area contributed by atoms with E-state index in [1.165, 1.54) is 12.1 Å². The van der Waals surface area contributed by atoms with Crippen LogP contribution in [0.2, 0.25) is 5.02 Å². The summed E-state index contributed by atoms with van der Waals surface area (Å²) in [6.45, 7) is 1.59. The summed E-state index contributed by atoms with van der Waals surface area (Å²) < 4.78 is 30.1. The molecule has 7 nitrogen and oxygen atoms in total. The molecule has 0 saturated carbocycles. The maximum atomic E-state index is 12.3. The molecule has 28 heavy (non-hydrogen) atoms. The number of benzene rings is 2. The zero-order chi connectivity index (χ0) is 20.7. The number of anilines is 1. The fraction of sp³-hybridized carbons (Fsp3) is 0.263. The summed E-state index contributed by atoms with van der Waals surface area (Å²) in [7, 11) is -3.64. The zero-order valence-corrected chi connectivity index (χ0v) is 17.1. The van der Waals surface area contributed by atoms with Crippen LogP contribution in [0.15, 0.2) is 48.5 Å². The maximum Gasteiger partial charge on any atom is 0.338 e. The summed E-state index contributed by atoms with van der Waals surface area (Å²) in [4.78, 5) is 24.0. The van der Waals surface area contributed by atoms with E-state index < -0.39 is 21.9 Å². The molecule has 2 aromatic rings. The normalized spacial score (nSPS) is 11.3. The van der Waals surface area contributed by atoms with Crippen molar-refractivity contribution in [2.24, 2.45) is 0 Å². The van der Waals surface area contributed by atoms with Crippen LogP contribution in [0, 0.1) is 0 Å². The van der Waals surface area contributed by atoms with Gasteiger partial charge < -0.3 is 10.1 Å². The Balaban J connectivity index is 2.06. The van der Waals surface area contributed by atoms with E-state index in [-0.39, 0.29) is 19.7 Å². The molecule has 0 radical (unpaired) electrons. The van der Waals surface area contributed by atoms with E-state index in [1.807, 2.05) is 0 Å². The quantitative estimate of drug-likeness (QED) is 0.657. The molecule has 1 N–H and O–H groups in total. The van der Waals surface area contributed by atoms with Gasteiger partial charge >= 0.3 is 5.97 Å². The molecule has 1 amide bonds. The Hall–Kier alpha value is -2.42. The molecule has 0 aliphatic carbocycles. The molecule has 0 unspecified atom stereocenters. The molecule has 0 bridgehead atoms. The number of ether oxygens (including phenoxy) is 1. The summed E-state index contributed by atoms with van der Waals surface area (Å²) in [6.07, 6.45) is 1.03. The van der Waals surface area contributed by atoms with Gasteiger partial charge in [-0.1, -0.05) is 29.8 Å². The maximum absolute atomic E-state index is 12.3. The van der Waals surface area contributed by atoms with Crippen molar-refractivity contribution in [2.45, 2.75) is 13.5 Å². The molecule has 0 heterocycles. The second-order valence-electron chi connectivity index (χ2n) is 5.97. The van der Waals surface area contributed by atoms with E-state index in [1.54, 1.807) is 43.3 Å². The van der Waals surface area contributed by atoms with Crippen molar-refractivity contribution in [1.29, 1.82) is 0 Å². The lowest BCUT2D eigenvalue weighted by Gasteiger charge is -2.20. The van der Waals surface area contributed by atoms with Crippen molar-refractivity contribution in [3.8, 4) is 0 Å². The van der Waals surface area contributed by atoms with Crippen LogP contribution in [0.4, 0.5) is 5.69 Å². The number of esters is 1. The second-order valence-corrected chi connectivity index (χ2v) is 8.36. The number of nitrogens with one attached hydrogen (secondary N) is 1. The topological polar surface area (TPSA) is 92.8 Å². The summed E-state index contributed by atoms with van der Waals surface area (Å²) >= 11 is 6.09. The number of amides is 1. The fourth-order valence-corrected chi connectivity index (χ4v) is 3.29. The minimum absolute atomic E-state index is 0.0201. The van der Waals surface area contributed by atoms with Crippen LogP contribution in [0.25, 0.3) is 0 Å². The number of hydrogen-bond donors (Lipinski definition) is 1. The number of hydrogen-bond acceptors (Lipinski definition) is 5. The summed E-state index contributed by atoms with van der Waals surface area (Å²) in [6, 6.07) is 13.0. The number of sulfonamides is 1. The van der Waals surface area contributed by atoms with Gasteiger partial charge in [-0.3, -0.25) is 4.79 Å². The van der Waals surface area contributed by atoms with Crippen molar-refractivity contribution in [3.63, 3.8) is 0 Å². The first-order valence-electron chi connectivity index (χ1n) is 8.46. The van der Waals surface area contributed by atoms with Gasteiger partial charge in [0, 0.05) is 17.3 Å². The molecule has 2 aromatic carbocycles. The number of halogens is 1. The van der Waals surface area contributed by atoms with Gasteiger partial charge in [0.15, 0.2) is 0 Å². The Bertz CT molecular complexity index is 945. The third-order valence-corrected chi connectivity index (χ3v) is 5.34. The minimum Gasteiger partial charge on any atom is -0.462 e. The van der Waals surface area contributed by atoms with Gasteiger partial charge in [0.25, 0.3) is 0 Å². The van der Waals surface area contributed by atoms with Crippen LogP contribution in [0.1, 0.15) is 22.8 Å². The van der Waals surface area contributed by atoms with Gasteiger partial charge in [-0.15, -0.1) is 0 Å². The molecule has 0 aliphatic heterocycles. The Labute approximate surface area is 169 Å². The average molecular weight is 425 g/mol. The lowest BCUT2D eigenvalue weighted by Crippen LogP contribution is -2.37. The fourth-order valence-electron chi connectivity index (χ4n) is 2.37. The predicted octanol–water partition coefficient (Wildman–Crippen LogP) is 2.92. The van der Waals surface area contributed by atoms with Crippen molar-refractivity contribution in [1.82, 2.24) is 4.31 Å². The standard InChI is InChI=1S/C19H21ClN2O5S/c1-3-27-19(24)14-8-10-16(11-9-14)21-18(23)13-22(28(2,25)26)12-15-6-4-5-7-17(15)20/h4-11H,3,12-13H2,1-2H3,(H,21,23). The van der Waals surface area contributed by atoms with Gasteiger partial charge in [-0.05, 0) is 42.8 Å². The van der Waals surface area contributed by atoms with Gasteiger partial charge in [0.2, 0.25) is 15.9 Å². The average Bonchev–Trinajstić information content (AvgIpc) is 2.63. The van der Waals surface area contributed by atoms with Crippen LogP contribution < -0.4 is 5.32 Å². The molecular weight excluding hydrogens is 404 g/mol. The van der Waals surface area contributed by atoms with Crippen molar-refractivity contribution in [2.75, 3.05) is 24.7 Å². The first-order chi connectivity index (χ1) is 13.2. The number of carbonyl (C=O) groups excluding carboxylic acids is 2. The Kier molecular flexibility index (Phi) is 7.56. The van der Waals surface area contributed by atoms with E-state index in [0.717, 1.165) is 10.6 Å². The third kappa shape index (κ3) is 6.33. The number of nitrogens with zero attached hydrogens (tertiary/aromatic N) is 1.